The van der Waals surface area contributed by atoms with E-state index in [9.17, 15) is 0 Å². The number of anilines is 2. The van der Waals surface area contributed by atoms with Crippen LogP contribution in [0, 0.1) is 6.92 Å². The normalized spacial score (nSPS) is 12.4. The number of nitrogens with two attached hydrogens (primary N) is 1. The molecule has 84 valence electrons. The largest absolute Gasteiger partial charge is 0.368 e. The summed E-state index contributed by atoms with van der Waals surface area (Å²) >= 11 is 1.72. The monoisotopic (exact) mass is 234 g/mol. The van der Waals surface area contributed by atoms with E-state index in [1.54, 1.807) is 11.3 Å². The standard InChI is InChI=1S/C11H14N4S/c1-7-6-10(15-11(12)13-7)14-8(2)9-4-3-5-16-9/h3-6,8H,1-2H3,(H3,12,13,14,15). The van der Waals surface area contributed by atoms with E-state index < -0.39 is 0 Å². The van der Waals surface area contributed by atoms with Crippen molar-refractivity contribution in [2.75, 3.05) is 11.1 Å². The van der Waals surface area contributed by atoms with Gasteiger partial charge in [-0.2, -0.15) is 4.98 Å². The lowest BCUT2D eigenvalue weighted by molar-refractivity contribution is 0.892. The van der Waals surface area contributed by atoms with Gasteiger partial charge in [0.25, 0.3) is 0 Å². The number of nitrogens with one attached hydrogen (secondary N) is 1. The maximum Gasteiger partial charge on any atom is 0.222 e. The zero-order valence-electron chi connectivity index (χ0n) is 9.27. The average Bonchev–Trinajstić information content (AvgIpc) is 2.68. The molecule has 2 aromatic rings. The van der Waals surface area contributed by atoms with Crippen LogP contribution in [0.4, 0.5) is 11.8 Å². The second-order valence-corrected chi connectivity index (χ2v) is 4.61. The molecule has 0 bridgehead atoms. The van der Waals surface area contributed by atoms with E-state index in [1.165, 1.54) is 4.88 Å². The number of thiophene rings is 1. The van der Waals surface area contributed by atoms with Crippen LogP contribution in [0.5, 0.6) is 0 Å². The molecule has 0 saturated heterocycles. The Morgan fingerprint density at radius 2 is 2.25 bits per heavy atom. The number of hydrogen-bond acceptors (Lipinski definition) is 5. The fraction of sp³-hybridized carbons (Fsp3) is 0.273. The van der Waals surface area contributed by atoms with Crippen LogP contribution in [-0.2, 0) is 0 Å². The van der Waals surface area contributed by atoms with Crippen LogP contribution in [-0.4, -0.2) is 9.97 Å². The summed E-state index contributed by atoms with van der Waals surface area (Å²) in [5, 5.41) is 5.37. The number of nitrogen functional groups attached to an aromatic ring is 1. The minimum absolute atomic E-state index is 0.230. The summed E-state index contributed by atoms with van der Waals surface area (Å²) in [4.78, 5) is 9.45. The van der Waals surface area contributed by atoms with E-state index in [-0.39, 0.29) is 6.04 Å². The van der Waals surface area contributed by atoms with Crippen LogP contribution < -0.4 is 11.1 Å². The molecule has 0 aliphatic carbocycles. The molecule has 2 heterocycles. The molecule has 0 aromatic carbocycles. The first-order chi connectivity index (χ1) is 7.65. The minimum atomic E-state index is 0.230. The van der Waals surface area contributed by atoms with Crippen molar-refractivity contribution in [3.8, 4) is 0 Å². The quantitative estimate of drug-likeness (QED) is 0.856. The molecule has 0 amide bonds. The van der Waals surface area contributed by atoms with E-state index in [2.05, 4.69) is 33.7 Å². The molecule has 0 aliphatic rings. The van der Waals surface area contributed by atoms with Gasteiger partial charge in [0.1, 0.15) is 5.82 Å². The Hall–Kier alpha value is -1.62. The van der Waals surface area contributed by atoms with Crippen LogP contribution in [0.1, 0.15) is 23.5 Å². The summed E-state index contributed by atoms with van der Waals surface area (Å²) < 4.78 is 0. The van der Waals surface area contributed by atoms with Crippen LogP contribution in [0.2, 0.25) is 0 Å². The van der Waals surface area contributed by atoms with Gasteiger partial charge < -0.3 is 11.1 Å². The third-order valence-corrected chi connectivity index (χ3v) is 3.26. The molecule has 0 spiro atoms. The Labute approximate surface area is 98.6 Å². The molecule has 16 heavy (non-hydrogen) atoms. The summed E-state index contributed by atoms with van der Waals surface area (Å²) in [6.45, 7) is 4.00. The zero-order chi connectivity index (χ0) is 11.5. The van der Waals surface area contributed by atoms with Crippen LogP contribution in [0.25, 0.3) is 0 Å². The summed E-state index contributed by atoms with van der Waals surface area (Å²) in [5.41, 5.74) is 6.46. The Kier molecular flexibility index (Phi) is 3.05. The summed E-state index contributed by atoms with van der Waals surface area (Å²) in [5.74, 6) is 1.08. The smallest absolute Gasteiger partial charge is 0.222 e. The first kappa shape index (κ1) is 10.9. The van der Waals surface area contributed by atoms with Gasteiger partial charge in [0.2, 0.25) is 5.95 Å². The van der Waals surface area contributed by atoms with Gasteiger partial charge in [-0.05, 0) is 25.3 Å². The maximum atomic E-state index is 5.59. The Bertz CT molecular complexity index is 447. The predicted octanol–water partition coefficient (Wildman–Crippen LogP) is 2.60. The predicted molar refractivity (Wildman–Crippen MR) is 67.5 cm³/mol. The second kappa shape index (κ2) is 4.49. The minimum Gasteiger partial charge on any atom is -0.368 e. The molecule has 2 aromatic heterocycles. The lowest BCUT2D eigenvalue weighted by Crippen LogP contribution is -2.08. The van der Waals surface area contributed by atoms with E-state index in [1.807, 2.05) is 19.1 Å². The highest BCUT2D eigenvalue weighted by Gasteiger charge is 2.07. The summed E-state index contributed by atoms with van der Waals surface area (Å²) in [6.07, 6.45) is 0. The molecule has 0 fully saturated rings. The van der Waals surface area contributed by atoms with Gasteiger partial charge in [0.15, 0.2) is 0 Å². The van der Waals surface area contributed by atoms with Gasteiger partial charge in [-0.1, -0.05) is 6.07 Å². The highest BCUT2D eigenvalue weighted by Crippen LogP contribution is 2.22. The molecule has 0 aliphatic heterocycles. The molecule has 1 unspecified atom stereocenters. The number of aromatic nitrogens is 2. The van der Waals surface area contributed by atoms with Gasteiger partial charge in [0, 0.05) is 16.6 Å². The van der Waals surface area contributed by atoms with Crippen molar-refractivity contribution in [2.45, 2.75) is 19.9 Å². The Morgan fingerprint density at radius 1 is 1.44 bits per heavy atom. The molecule has 4 nitrogen and oxygen atoms in total. The number of nitrogens with zero attached hydrogens (tertiary/aromatic N) is 2. The van der Waals surface area contributed by atoms with Crippen LogP contribution in [0.3, 0.4) is 0 Å². The van der Waals surface area contributed by atoms with Crippen molar-refractivity contribution < 1.29 is 0 Å². The van der Waals surface area contributed by atoms with Crippen molar-refractivity contribution in [3.63, 3.8) is 0 Å². The first-order valence-electron chi connectivity index (χ1n) is 5.06. The number of aryl methyl sites for hydroxylation is 1. The van der Waals surface area contributed by atoms with Gasteiger partial charge in [-0.25, -0.2) is 4.98 Å². The van der Waals surface area contributed by atoms with Crippen molar-refractivity contribution in [2.24, 2.45) is 0 Å². The lowest BCUT2D eigenvalue weighted by Gasteiger charge is -2.13. The van der Waals surface area contributed by atoms with Crippen molar-refractivity contribution in [3.05, 3.63) is 34.2 Å². The summed E-state index contributed by atoms with van der Waals surface area (Å²) in [6, 6.07) is 6.26. The molecule has 1 atom stereocenters. The SMILES string of the molecule is Cc1cc(NC(C)c2cccs2)nc(N)n1. The molecule has 2 rings (SSSR count). The van der Waals surface area contributed by atoms with Crippen molar-refractivity contribution in [1.82, 2.24) is 9.97 Å². The van der Waals surface area contributed by atoms with Crippen LogP contribution >= 0.6 is 11.3 Å². The molecule has 0 radical (unpaired) electrons. The molecular weight excluding hydrogens is 220 g/mol. The average molecular weight is 234 g/mol. The van der Waals surface area contributed by atoms with E-state index in [0.29, 0.717) is 5.95 Å². The van der Waals surface area contributed by atoms with E-state index in [4.69, 9.17) is 5.73 Å². The zero-order valence-corrected chi connectivity index (χ0v) is 10.1. The van der Waals surface area contributed by atoms with Gasteiger partial charge >= 0.3 is 0 Å². The molecule has 5 heteroatoms. The highest BCUT2D eigenvalue weighted by molar-refractivity contribution is 7.10. The molecule has 0 saturated carbocycles. The van der Waals surface area contributed by atoms with Gasteiger partial charge in [0.05, 0.1) is 6.04 Å². The first-order valence-corrected chi connectivity index (χ1v) is 5.94. The van der Waals surface area contributed by atoms with Crippen molar-refractivity contribution in [1.29, 1.82) is 0 Å². The van der Waals surface area contributed by atoms with E-state index in [0.717, 1.165) is 11.5 Å². The van der Waals surface area contributed by atoms with E-state index >= 15 is 0 Å². The third-order valence-electron chi connectivity index (χ3n) is 2.21. The summed E-state index contributed by atoms with van der Waals surface area (Å²) in [7, 11) is 0. The van der Waals surface area contributed by atoms with Gasteiger partial charge in [-0.15, -0.1) is 11.3 Å². The highest BCUT2D eigenvalue weighted by atomic mass is 32.1. The fourth-order valence-corrected chi connectivity index (χ4v) is 2.23. The van der Waals surface area contributed by atoms with Crippen molar-refractivity contribution >= 4 is 23.1 Å². The van der Waals surface area contributed by atoms with Gasteiger partial charge in [-0.3, -0.25) is 0 Å². The Balaban J connectivity index is 2.15. The number of hydrogen-bond donors (Lipinski definition) is 2. The number of rotatable bonds is 3. The maximum absolute atomic E-state index is 5.59. The Morgan fingerprint density at radius 3 is 2.88 bits per heavy atom. The topological polar surface area (TPSA) is 63.8 Å². The van der Waals surface area contributed by atoms with Crippen LogP contribution in [0.15, 0.2) is 23.6 Å². The second-order valence-electron chi connectivity index (χ2n) is 3.63. The molecular formula is C11H14N4S. The third kappa shape index (κ3) is 2.49. The molecule has 3 N–H and O–H groups in total. The lowest BCUT2D eigenvalue weighted by atomic mass is 10.2. The fourth-order valence-electron chi connectivity index (χ4n) is 1.50.